The summed E-state index contributed by atoms with van der Waals surface area (Å²) >= 11 is 0. The standard InChI is InChI=1S/C13H20N4/c1-10-9-16(2)5-6-17(10)13-14-7-12(8-15-13)11-3-4-11/h7-8,10-11H,3-6,9H2,1-2H3. The van der Waals surface area contributed by atoms with E-state index >= 15 is 0 Å². The van der Waals surface area contributed by atoms with Crippen molar-refractivity contribution < 1.29 is 0 Å². The maximum atomic E-state index is 4.54. The van der Waals surface area contributed by atoms with Crippen molar-refractivity contribution in [3.63, 3.8) is 0 Å². The molecule has 1 aromatic rings. The molecule has 4 heteroatoms. The van der Waals surface area contributed by atoms with E-state index in [0.717, 1.165) is 31.5 Å². The van der Waals surface area contributed by atoms with Gasteiger partial charge in [0.1, 0.15) is 0 Å². The zero-order valence-corrected chi connectivity index (χ0v) is 10.6. The first-order valence-corrected chi connectivity index (χ1v) is 6.51. The fourth-order valence-electron chi connectivity index (χ4n) is 2.54. The molecular weight excluding hydrogens is 212 g/mol. The number of hydrogen-bond acceptors (Lipinski definition) is 4. The van der Waals surface area contributed by atoms with Gasteiger partial charge in [0.05, 0.1) is 0 Å². The molecule has 4 nitrogen and oxygen atoms in total. The van der Waals surface area contributed by atoms with Gasteiger partial charge in [-0.25, -0.2) is 9.97 Å². The number of anilines is 1. The van der Waals surface area contributed by atoms with Gasteiger partial charge in [0.25, 0.3) is 0 Å². The van der Waals surface area contributed by atoms with Crippen LogP contribution in [-0.4, -0.2) is 47.6 Å². The molecule has 2 fully saturated rings. The molecule has 1 aromatic heterocycles. The lowest BCUT2D eigenvalue weighted by Crippen LogP contribution is -2.51. The minimum atomic E-state index is 0.500. The highest BCUT2D eigenvalue weighted by Crippen LogP contribution is 2.39. The number of rotatable bonds is 2. The molecule has 0 spiro atoms. The van der Waals surface area contributed by atoms with E-state index < -0.39 is 0 Å². The Labute approximate surface area is 103 Å². The van der Waals surface area contributed by atoms with Crippen LogP contribution in [0, 0.1) is 0 Å². The van der Waals surface area contributed by atoms with Crippen molar-refractivity contribution >= 4 is 5.95 Å². The fourth-order valence-corrected chi connectivity index (χ4v) is 2.54. The van der Waals surface area contributed by atoms with Crippen molar-refractivity contribution in [3.05, 3.63) is 18.0 Å². The normalized spacial score (nSPS) is 26.2. The molecule has 0 radical (unpaired) electrons. The maximum absolute atomic E-state index is 4.54. The zero-order valence-electron chi connectivity index (χ0n) is 10.6. The lowest BCUT2D eigenvalue weighted by molar-refractivity contribution is 0.273. The van der Waals surface area contributed by atoms with Crippen molar-refractivity contribution in [2.45, 2.75) is 31.7 Å². The number of aromatic nitrogens is 2. The van der Waals surface area contributed by atoms with Crippen LogP contribution < -0.4 is 4.90 Å². The van der Waals surface area contributed by atoms with Crippen molar-refractivity contribution in [2.24, 2.45) is 0 Å². The van der Waals surface area contributed by atoms with E-state index in [1.165, 1.54) is 18.4 Å². The van der Waals surface area contributed by atoms with E-state index in [1.807, 2.05) is 12.4 Å². The van der Waals surface area contributed by atoms with Gasteiger partial charge in [0, 0.05) is 38.1 Å². The molecule has 92 valence electrons. The predicted octanol–water partition coefficient (Wildman–Crippen LogP) is 1.49. The monoisotopic (exact) mass is 232 g/mol. The summed E-state index contributed by atoms with van der Waals surface area (Å²) in [6.07, 6.45) is 6.66. The summed E-state index contributed by atoms with van der Waals surface area (Å²) in [6.45, 7) is 5.46. The Hall–Kier alpha value is -1.16. The molecule has 1 saturated heterocycles. The van der Waals surface area contributed by atoms with Gasteiger partial charge in [-0.15, -0.1) is 0 Å². The summed E-state index contributed by atoms with van der Waals surface area (Å²) in [6, 6.07) is 0.500. The molecule has 1 aliphatic carbocycles. The number of piperazine rings is 1. The van der Waals surface area contributed by atoms with Crippen LogP contribution in [0.5, 0.6) is 0 Å². The minimum absolute atomic E-state index is 0.500. The Bertz CT molecular complexity index is 385. The molecule has 2 aliphatic rings. The van der Waals surface area contributed by atoms with Crippen LogP contribution in [0.1, 0.15) is 31.2 Å². The maximum Gasteiger partial charge on any atom is 0.225 e. The second kappa shape index (κ2) is 4.26. The van der Waals surface area contributed by atoms with Crippen LogP contribution in [0.25, 0.3) is 0 Å². The zero-order chi connectivity index (χ0) is 11.8. The van der Waals surface area contributed by atoms with Gasteiger partial charge in [-0.1, -0.05) is 0 Å². The molecule has 0 aromatic carbocycles. The van der Waals surface area contributed by atoms with Crippen LogP contribution in [0.4, 0.5) is 5.95 Å². The second-order valence-corrected chi connectivity index (χ2v) is 5.40. The average Bonchev–Trinajstić information content (AvgIpc) is 3.13. The molecule has 0 amide bonds. The summed E-state index contributed by atoms with van der Waals surface area (Å²) in [7, 11) is 2.17. The fraction of sp³-hybridized carbons (Fsp3) is 0.692. The summed E-state index contributed by atoms with van der Waals surface area (Å²) < 4.78 is 0. The molecule has 1 atom stereocenters. The van der Waals surface area contributed by atoms with Crippen LogP contribution in [0.2, 0.25) is 0 Å². The summed E-state index contributed by atoms with van der Waals surface area (Å²) in [4.78, 5) is 13.7. The Balaban J connectivity index is 1.74. The van der Waals surface area contributed by atoms with Crippen LogP contribution in [0.15, 0.2) is 12.4 Å². The largest absolute Gasteiger partial charge is 0.336 e. The lowest BCUT2D eigenvalue weighted by atomic mass is 10.2. The predicted molar refractivity (Wildman–Crippen MR) is 68.3 cm³/mol. The number of nitrogens with zero attached hydrogens (tertiary/aromatic N) is 4. The third kappa shape index (κ3) is 2.27. The van der Waals surface area contributed by atoms with E-state index in [1.54, 1.807) is 0 Å². The molecule has 1 unspecified atom stereocenters. The third-order valence-electron chi connectivity index (χ3n) is 3.79. The molecule has 0 N–H and O–H groups in total. The molecule has 1 saturated carbocycles. The highest BCUT2D eigenvalue weighted by atomic mass is 15.3. The Morgan fingerprint density at radius 3 is 2.47 bits per heavy atom. The van der Waals surface area contributed by atoms with Gasteiger partial charge < -0.3 is 9.80 Å². The van der Waals surface area contributed by atoms with Gasteiger partial charge in [0.15, 0.2) is 0 Å². The van der Waals surface area contributed by atoms with E-state index in [-0.39, 0.29) is 0 Å². The first-order chi connectivity index (χ1) is 8.24. The first-order valence-electron chi connectivity index (χ1n) is 6.51. The Kier molecular flexibility index (Phi) is 2.74. The smallest absolute Gasteiger partial charge is 0.225 e. The Morgan fingerprint density at radius 2 is 1.88 bits per heavy atom. The molecule has 1 aliphatic heterocycles. The number of likely N-dealkylation sites (N-methyl/N-ethyl adjacent to an activating group) is 1. The van der Waals surface area contributed by atoms with E-state index in [9.17, 15) is 0 Å². The summed E-state index contributed by atoms with van der Waals surface area (Å²) in [5, 5.41) is 0. The SMILES string of the molecule is CC1CN(C)CCN1c1ncc(C2CC2)cn1. The van der Waals surface area contributed by atoms with Gasteiger partial charge >= 0.3 is 0 Å². The van der Waals surface area contributed by atoms with Crippen molar-refractivity contribution in [1.29, 1.82) is 0 Å². The van der Waals surface area contributed by atoms with Gasteiger partial charge in [-0.05, 0) is 38.3 Å². The quantitative estimate of drug-likeness (QED) is 0.773. The molecule has 3 rings (SSSR count). The molecule has 0 bridgehead atoms. The van der Waals surface area contributed by atoms with Gasteiger partial charge in [0.2, 0.25) is 5.95 Å². The third-order valence-corrected chi connectivity index (χ3v) is 3.79. The summed E-state index contributed by atoms with van der Waals surface area (Å²) in [5.41, 5.74) is 1.32. The molecular formula is C13H20N4. The highest BCUT2D eigenvalue weighted by molar-refractivity contribution is 5.33. The van der Waals surface area contributed by atoms with E-state index in [2.05, 4.69) is 33.7 Å². The molecule has 2 heterocycles. The topological polar surface area (TPSA) is 32.3 Å². The Morgan fingerprint density at radius 1 is 1.18 bits per heavy atom. The lowest BCUT2D eigenvalue weighted by Gasteiger charge is -2.38. The minimum Gasteiger partial charge on any atom is -0.336 e. The highest BCUT2D eigenvalue weighted by Gasteiger charge is 2.26. The van der Waals surface area contributed by atoms with Crippen LogP contribution in [-0.2, 0) is 0 Å². The second-order valence-electron chi connectivity index (χ2n) is 5.40. The van der Waals surface area contributed by atoms with Crippen molar-refractivity contribution in [3.8, 4) is 0 Å². The van der Waals surface area contributed by atoms with Gasteiger partial charge in [-0.3, -0.25) is 0 Å². The van der Waals surface area contributed by atoms with E-state index in [0.29, 0.717) is 6.04 Å². The van der Waals surface area contributed by atoms with E-state index in [4.69, 9.17) is 0 Å². The van der Waals surface area contributed by atoms with Crippen LogP contribution in [0.3, 0.4) is 0 Å². The van der Waals surface area contributed by atoms with Gasteiger partial charge in [-0.2, -0.15) is 0 Å². The number of hydrogen-bond donors (Lipinski definition) is 0. The van der Waals surface area contributed by atoms with Crippen molar-refractivity contribution in [2.75, 3.05) is 31.6 Å². The van der Waals surface area contributed by atoms with Crippen molar-refractivity contribution in [1.82, 2.24) is 14.9 Å². The molecule has 17 heavy (non-hydrogen) atoms. The average molecular weight is 232 g/mol. The first kappa shape index (κ1) is 11.0. The van der Waals surface area contributed by atoms with Crippen LogP contribution >= 0.6 is 0 Å². The summed E-state index contributed by atoms with van der Waals surface area (Å²) in [5.74, 6) is 1.64.